The van der Waals surface area contributed by atoms with Crippen molar-refractivity contribution in [2.24, 2.45) is 11.7 Å². The molecule has 0 fully saturated rings. The van der Waals surface area contributed by atoms with Gasteiger partial charge in [0.1, 0.15) is 6.04 Å². The summed E-state index contributed by atoms with van der Waals surface area (Å²) in [6, 6.07) is -1.50. The van der Waals surface area contributed by atoms with Gasteiger partial charge in [-0.25, -0.2) is 13.1 Å². The van der Waals surface area contributed by atoms with Crippen LogP contribution >= 0.6 is 0 Å². The largest absolute Gasteiger partial charge is 0.480 e. The Hall–Kier alpha value is -1.15. The van der Waals surface area contributed by atoms with Crippen LogP contribution in [-0.2, 0) is 19.6 Å². The number of amides is 1. The van der Waals surface area contributed by atoms with E-state index in [1.807, 2.05) is 18.6 Å². The molecule has 4 N–H and O–H groups in total. The number of aliphatic carboxylic acids is 1. The first kappa shape index (κ1) is 15.9. The number of nitrogens with one attached hydrogen (secondary N) is 1. The molecular weight excluding hydrogens is 248 g/mol. The smallest absolute Gasteiger partial charge is 0.322 e. The highest BCUT2D eigenvalue weighted by Crippen LogP contribution is 2.03. The summed E-state index contributed by atoms with van der Waals surface area (Å²) in [7, 11) is -3.71. The summed E-state index contributed by atoms with van der Waals surface area (Å²) in [5.74, 6) is -2.28. The summed E-state index contributed by atoms with van der Waals surface area (Å²) in [5, 5.41) is 8.73. The maximum absolute atomic E-state index is 11.5. The Morgan fingerprint density at radius 2 is 1.88 bits per heavy atom. The molecule has 0 radical (unpaired) electrons. The number of carboxylic acids is 1. The molecule has 0 aliphatic heterocycles. The molecule has 0 aliphatic carbocycles. The average molecular weight is 266 g/mol. The lowest BCUT2D eigenvalue weighted by atomic mass is 10.2. The van der Waals surface area contributed by atoms with E-state index in [4.69, 9.17) is 10.8 Å². The average Bonchev–Trinajstić information content (AvgIpc) is 2.12. The number of nitrogens with two attached hydrogens (primary N) is 1. The lowest BCUT2D eigenvalue weighted by molar-refractivity contribution is -0.140. The van der Waals surface area contributed by atoms with Crippen LogP contribution in [0.4, 0.5) is 0 Å². The zero-order chi connectivity index (χ0) is 13.6. The molecule has 7 nitrogen and oxygen atoms in total. The summed E-state index contributed by atoms with van der Waals surface area (Å²) in [4.78, 5) is 21.3. The molecule has 0 aromatic rings. The van der Waals surface area contributed by atoms with Crippen LogP contribution in [0.2, 0.25) is 0 Å². The van der Waals surface area contributed by atoms with Gasteiger partial charge < -0.3 is 10.8 Å². The molecule has 0 saturated carbocycles. The zero-order valence-corrected chi connectivity index (χ0v) is 10.7. The van der Waals surface area contributed by atoms with Crippen LogP contribution < -0.4 is 10.5 Å². The second-order valence-electron chi connectivity index (χ2n) is 4.18. The van der Waals surface area contributed by atoms with Crippen molar-refractivity contribution >= 4 is 21.9 Å². The summed E-state index contributed by atoms with van der Waals surface area (Å²) in [6.07, 6.45) is -0.144. The Kier molecular flexibility index (Phi) is 6.11. The first-order valence-corrected chi connectivity index (χ1v) is 6.80. The van der Waals surface area contributed by atoms with Crippen molar-refractivity contribution in [2.75, 3.05) is 5.75 Å². The van der Waals surface area contributed by atoms with Crippen LogP contribution in [0.15, 0.2) is 0 Å². The van der Waals surface area contributed by atoms with Gasteiger partial charge in [-0.2, -0.15) is 0 Å². The number of carboxylic acid groups (broad SMARTS) is 1. The minimum atomic E-state index is -3.71. The Morgan fingerprint density at radius 1 is 1.35 bits per heavy atom. The number of primary amides is 1. The molecule has 1 atom stereocenters. The van der Waals surface area contributed by atoms with Gasteiger partial charge in [-0.1, -0.05) is 13.8 Å². The van der Waals surface area contributed by atoms with Gasteiger partial charge in [0, 0.05) is 0 Å². The van der Waals surface area contributed by atoms with Crippen molar-refractivity contribution in [3.05, 3.63) is 0 Å². The highest BCUT2D eigenvalue weighted by Gasteiger charge is 2.25. The fraction of sp³-hybridized carbons (Fsp3) is 0.778. The van der Waals surface area contributed by atoms with Crippen molar-refractivity contribution in [2.45, 2.75) is 32.7 Å². The van der Waals surface area contributed by atoms with Crippen molar-refractivity contribution in [3.63, 3.8) is 0 Å². The molecule has 17 heavy (non-hydrogen) atoms. The van der Waals surface area contributed by atoms with E-state index in [9.17, 15) is 18.0 Å². The normalized spacial score (nSPS) is 13.6. The number of carbonyl (C=O) groups excluding carboxylic acids is 1. The first-order chi connectivity index (χ1) is 7.64. The van der Waals surface area contributed by atoms with Gasteiger partial charge in [0.15, 0.2) is 0 Å². The van der Waals surface area contributed by atoms with Crippen LogP contribution in [-0.4, -0.2) is 37.2 Å². The number of hydrogen-bond donors (Lipinski definition) is 3. The molecule has 0 aromatic heterocycles. The Labute approximate surface area is 100 Å². The number of rotatable bonds is 8. The van der Waals surface area contributed by atoms with Crippen LogP contribution in [0.25, 0.3) is 0 Å². The molecule has 0 rings (SSSR count). The summed E-state index contributed by atoms with van der Waals surface area (Å²) >= 11 is 0. The number of carbonyl (C=O) groups is 2. The number of hydrogen-bond acceptors (Lipinski definition) is 4. The Morgan fingerprint density at radius 3 is 2.24 bits per heavy atom. The third-order valence-electron chi connectivity index (χ3n) is 1.99. The van der Waals surface area contributed by atoms with Gasteiger partial charge in [0.25, 0.3) is 0 Å². The van der Waals surface area contributed by atoms with Gasteiger partial charge in [-0.15, -0.1) is 0 Å². The van der Waals surface area contributed by atoms with Gasteiger partial charge in [0.2, 0.25) is 15.9 Å². The van der Waals surface area contributed by atoms with E-state index in [1.54, 1.807) is 0 Å². The van der Waals surface area contributed by atoms with Crippen LogP contribution in [0, 0.1) is 5.92 Å². The second kappa shape index (κ2) is 6.55. The molecule has 8 heteroatoms. The van der Waals surface area contributed by atoms with E-state index in [0.29, 0.717) is 6.42 Å². The molecule has 0 heterocycles. The second-order valence-corrected chi connectivity index (χ2v) is 6.05. The summed E-state index contributed by atoms with van der Waals surface area (Å²) in [5.41, 5.74) is 4.84. The quantitative estimate of drug-likeness (QED) is 0.534. The highest BCUT2D eigenvalue weighted by atomic mass is 32.2. The van der Waals surface area contributed by atoms with Crippen LogP contribution in [0.3, 0.4) is 0 Å². The standard InChI is InChI=1S/C9H18N2O5S/c1-6(2)3-4-17(15,16)11-7(9(13)14)5-8(10)12/h6-7,11H,3-5H2,1-2H3,(H2,10,12)(H,13,14)/t7-/m0/s1. The maximum Gasteiger partial charge on any atom is 0.322 e. The molecule has 0 aromatic carbocycles. The fourth-order valence-electron chi connectivity index (χ4n) is 1.05. The van der Waals surface area contributed by atoms with Crippen molar-refractivity contribution in [3.8, 4) is 0 Å². The summed E-state index contributed by atoms with van der Waals surface area (Å²) in [6.45, 7) is 3.71. The molecule has 100 valence electrons. The predicted octanol–water partition coefficient (Wildman–Crippen LogP) is -0.719. The third-order valence-corrected chi connectivity index (χ3v) is 3.41. The Bertz CT molecular complexity index is 377. The molecule has 0 unspecified atom stereocenters. The van der Waals surface area contributed by atoms with Crippen molar-refractivity contribution < 1.29 is 23.1 Å². The van der Waals surface area contributed by atoms with Gasteiger partial charge in [-0.3, -0.25) is 9.59 Å². The molecular formula is C9H18N2O5S. The molecule has 0 spiro atoms. The Balaban J connectivity index is 4.53. The van der Waals surface area contributed by atoms with E-state index in [1.165, 1.54) is 0 Å². The minimum Gasteiger partial charge on any atom is -0.480 e. The minimum absolute atomic E-state index is 0.173. The van der Waals surface area contributed by atoms with Gasteiger partial charge in [0.05, 0.1) is 12.2 Å². The molecule has 0 saturated heterocycles. The van der Waals surface area contributed by atoms with Gasteiger partial charge >= 0.3 is 5.97 Å². The van der Waals surface area contributed by atoms with Crippen molar-refractivity contribution in [1.82, 2.24) is 4.72 Å². The van der Waals surface area contributed by atoms with Crippen molar-refractivity contribution in [1.29, 1.82) is 0 Å². The highest BCUT2D eigenvalue weighted by molar-refractivity contribution is 7.89. The van der Waals surface area contributed by atoms with E-state index in [2.05, 4.69) is 0 Å². The molecule has 0 bridgehead atoms. The van der Waals surface area contributed by atoms with E-state index < -0.39 is 34.4 Å². The predicted molar refractivity (Wildman–Crippen MR) is 61.6 cm³/mol. The summed E-state index contributed by atoms with van der Waals surface area (Å²) < 4.78 is 25.0. The topological polar surface area (TPSA) is 127 Å². The first-order valence-electron chi connectivity index (χ1n) is 5.15. The van der Waals surface area contributed by atoms with E-state index in [0.717, 1.165) is 0 Å². The molecule has 0 aliphatic rings. The van der Waals surface area contributed by atoms with E-state index in [-0.39, 0.29) is 11.7 Å². The lowest BCUT2D eigenvalue weighted by Gasteiger charge is -2.13. The van der Waals surface area contributed by atoms with Crippen LogP contribution in [0.5, 0.6) is 0 Å². The third kappa shape index (κ3) is 7.70. The molecule has 1 amide bonds. The van der Waals surface area contributed by atoms with Gasteiger partial charge in [-0.05, 0) is 12.3 Å². The lowest BCUT2D eigenvalue weighted by Crippen LogP contribution is -2.44. The monoisotopic (exact) mass is 266 g/mol. The fourth-order valence-corrected chi connectivity index (χ4v) is 2.56. The maximum atomic E-state index is 11.5. The van der Waals surface area contributed by atoms with E-state index >= 15 is 0 Å². The zero-order valence-electron chi connectivity index (χ0n) is 9.84. The number of sulfonamides is 1. The van der Waals surface area contributed by atoms with Crippen LogP contribution in [0.1, 0.15) is 26.7 Å². The SMILES string of the molecule is CC(C)CCS(=O)(=O)N[C@@H](CC(N)=O)C(=O)O.